The molecule has 0 aliphatic carbocycles. The van der Waals surface area contributed by atoms with E-state index in [-0.39, 0.29) is 23.7 Å². The highest BCUT2D eigenvalue weighted by atomic mass is 35.5. The lowest BCUT2D eigenvalue weighted by Crippen LogP contribution is -2.31. The third-order valence-electron chi connectivity index (χ3n) is 4.68. The largest absolute Gasteiger partial charge is 0.383 e. The fraction of sp³-hybridized carbons (Fsp3) is 0.316. The summed E-state index contributed by atoms with van der Waals surface area (Å²) in [6.07, 6.45) is 0.678. The van der Waals surface area contributed by atoms with Crippen LogP contribution in [-0.4, -0.2) is 20.9 Å². The van der Waals surface area contributed by atoms with E-state index in [9.17, 15) is 9.59 Å². The summed E-state index contributed by atoms with van der Waals surface area (Å²) in [5.41, 5.74) is 6.79. The van der Waals surface area contributed by atoms with Crippen molar-refractivity contribution in [3.8, 4) is 0 Å². The monoisotopic (exact) mass is 403 g/mol. The topological polar surface area (TPSA) is 87.2 Å². The molecule has 6 nitrogen and oxygen atoms in total. The fourth-order valence-corrected chi connectivity index (χ4v) is 4.67. The molecule has 1 aliphatic heterocycles. The van der Waals surface area contributed by atoms with Crippen molar-refractivity contribution in [3.63, 3.8) is 0 Å². The van der Waals surface area contributed by atoms with E-state index in [0.29, 0.717) is 28.4 Å². The highest BCUT2D eigenvalue weighted by Gasteiger charge is 2.31. The summed E-state index contributed by atoms with van der Waals surface area (Å²) in [4.78, 5) is 30.8. The van der Waals surface area contributed by atoms with Crippen molar-refractivity contribution in [2.24, 2.45) is 0 Å². The molecule has 8 heteroatoms. The Morgan fingerprint density at radius 1 is 1.37 bits per heavy atom. The molecule has 2 N–H and O–H groups in total. The molecular formula is C19H18ClN3O3S. The Morgan fingerprint density at radius 3 is 2.78 bits per heavy atom. The zero-order chi connectivity index (χ0) is 19.3. The first-order chi connectivity index (χ1) is 12.7. The highest BCUT2D eigenvalue weighted by molar-refractivity contribution is 7.19. The minimum atomic E-state index is -0.527. The molecule has 27 heavy (non-hydrogen) atoms. The number of carbonyl (C=O) groups excluding carboxylic acids is 1. The molecule has 0 amide bonds. The Hall–Kier alpha value is -2.22. The van der Waals surface area contributed by atoms with Crippen LogP contribution in [0.2, 0.25) is 5.02 Å². The summed E-state index contributed by atoms with van der Waals surface area (Å²) in [7, 11) is 0. The maximum Gasteiger partial charge on any atom is 0.351 e. The highest BCUT2D eigenvalue weighted by Crippen LogP contribution is 2.40. The minimum absolute atomic E-state index is 0.103. The molecule has 0 unspecified atom stereocenters. The van der Waals surface area contributed by atoms with Gasteiger partial charge in [0, 0.05) is 21.9 Å². The van der Waals surface area contributed by atoms with Crippen LogP contribution >= 0.6 is 22.9 Å². The first-order valence-corrected chi connectivity index (χ1v) is 9.68. The number of hydrogen-bond acceptors (Lipinski definition) is 6. The van der Waals surface area contributed by atoms with Gasteiger partial charge in [0.2, 0.25) is 0 Å². The number of benzene rings is 1. The third-order valence-corrected chi connectivity index (χ3v) is 6.17. The van der Waals surface area contributed by atoms with Crippen LogP contribution in [-0.2, 0) is 24.3 Å². The Bertz CT molecular complexity index is 1120. The molecule has 3 heterocycles. The van der Waals surface area contributed by atoms with Gasteiger partial charge in [-0.3, -0.25) is 9.36 Å². The molecule has 0 fully saturated rings. The second kappa shape index (κ2) is 6.44. The Balaban J connectivity index is 1.82. The number of nitrogen functional groups attached to an aromatic ring is 1. The molecule has 0 saturated heterocycles. The number of aromatic nitrogens is 2. The summed E-state index contributed by atoms with van der Waals surface area (Å²) >= 11 is 7.32. The summed E-state index contributed by atoms with van der Waals surface area (Å²) in [6, 6.07) is 6.59. The van der Waals surface area contributed by atoms with E-state index in [1.165, 1.54) is 15.9 Å². The molecule has 0 spiro atoms. The molecule has 0 bridgehead atoms. The van der Waals surface area contributed by atoms with E-state index in [4.69, 9.17) is 22.1 Å². The number of nitrogens with two attached hydrogens (primary N) is 1. The summed E-state index contributed by atoms with van der Waals surface area (Å²) in [5.74, 6) is 0.0185. The molecule has 140 valence electrons. The lowest BCUT2D eigenvalue weighted by Gasteiger charge is -2.30. The Morgan fingerprint density at radius 2 is 2.07 bits per heavy atom. The maximum atomic E-state index is 12.7. The van der Waals surface area contributed by atoms with Crippen molar-refractivity contribution >= 4 is 44.8 Å². The van der Waals surface area contributed by atoms with Crippen molar-refractivity contribution < 1.29 is 9.53 Å². The fourth-order valence-electron chi connectivity index (χ4n) is 3.31. The zero-order valence-electron chi connectivity index (χ0n) is 14.9. The number of halogens is 1. The molecule has 0 radical (unpaired) electrons. The number of Topliss-reactive ketones (excluding diaryl/α,β-unsaturated/α-hetero) is 1. The smallest absolute Gasteiger partial charge is 0.351 e. The number of hydrogen-bond donors (Lipinski definition) is 1. The van der Waals surface area contributed by atoms with Crippen LogP contribution in [0.5, 0.6) is 0 Å². The second-order valence-corrected chi connectivity index (χ2v) is 8.72. The predicted molar refractivity (Wildman–Crippen MR) is 107 cm³/mol. The van der Waals surface area contributed by atoms with E-state index in [2.05, 4.69) is 4.98 Å². The van der Waals surface area contributed by atoms with Crippen molar-refractivity contribution in [3.05, 3.63) is 55.8 Å². The van der Waals surface area contributed by atoms with E-state index in [1.54, 1.807) is 24.3 Å². The normalized spacial score (nSPS) is 15.7. The molecule has 2 aromatic heterocycles. The molecule has 0 saturated carbocycles. The van der Waals surface area contributed by atoms with Gasteiger partial charge in [-0.25, -0.2) is 4.79 Å². The number of rotatable bonds is 3. The van der Waals surface area contributed by atoms with Gasteiger partial charge in [0.05, 0.1) is 24.1 Å². The lowest BCUT2D eigenvalue weighted by molar-refractivity contribution is -0.0379. The minimum Gasteiger partial charge on any atom is -0.383 e. The van der Waals surface area contributed by atoms with E-state index in [1.807, 2.05) is 13.8 Å². The van der Waals surface area contributed by atoms with Crippen LogP contribution in [0.15, 0.2) is 29.1 Å². The van der Waals surface area contributed by atoms with Crippen LogP contribution in [0.4, 0.5) is 5.82 Å². The van der Waals surface area contributed by atoms with Crippen LogP contribution in [0.3, 0.4) is 0 Å². The van der Waals surface area contributed by atoms with Crippen LogP contribution in [0, 0.1) is 0 Å². The van der Waals surface area contributed by atoms with Gasteiger partial charge in [0.15, 0.2) is 5.78 Å². The Kier molecular flexibility index (Phi) is 4.33. The van der Waals surface area contributed by atoms with Gasteiger partial charge in [-0.1, -0.05) is 11.6 Å². The van der Waals surface area contributed by atoms with Gasteiger partial charge in [-0.15, -0.1) is 11.3 Å². The average Bonchev–Trinajstić information content (AvgIpc) is 2.96. The first-order valence-electron chi connectivity index (χ1n) is 8.48. The standard InChI is InChI=1S/C19H18ClN3O3S/c1-19(2)7-12-14(9-26-19)27-17-15(12)16(21)22-18(25)23(17)8-13(24)10-3-5-11(20)6-4-10/h3-6H,7-9H2,1-2H3,(H2,21,22,25). The number of ketones is 1. The van der Waals surface area contributed by atoms with Gasteiger partial charge in [-0.05, 0) is 43.7 Å². The van der Waals surface area contributed by atoms with Gasteiger partial charge in [0.25, 0.3) is 0 Å². The second-order valence-electron chi connectivity index (χ2n) is 7.20. The van der Waals surface area contributed by atoms with E-state index in [0.717, 1.165) is 15.8 Å². The van der Waals surface area contributed by atoms with Crippen LogP contribution in [0.1, 0.15) is 34.6 Å². The molecule has 4 rings (SSSR count). The predicted octanol–water partition coefficient (Wildman–Crippen LogP) is 3.43. The summed E-state index contributed by atoms with van der Waals surface area (Å²) in [6.45, 7) is 4.39. The Labute approximate surface area is 164 Å². The SMILES string of the molecule is CC1(C)Cc2c(sc3c2c(N)nc(=O)n3CC(=O)c2ccc(Cl)cc2)CO1. The van der Waals surface area contributed by atoms with Gasteiger partial charge in [0.1, 0.15) is 10.6 Å². The average molecular weight is 404 g/mol. The zero-order valence-corrected chi connectivity index (χ0v) is 16.5. The molecular weight excluding hydrogens is 386 g/mol. The van der Waals surface area contributed by atoms with Crippen molar-refractivity contribution in [1.82, 2.24) is 9.55 Å². The third kappa shape index (κ3) is 3.26. The quantitative estimate of drug-likeness (QED) is 0.677. The number of carbonyl (C=O) groups is 1. The number of thiophene rings is 1. The maximum absolute atomic E-state index is 12.7. The van der Waals surface area contributed by atoms with Gasteiger partial charge >= 0.3 is 5.69 Å². The van der Waals surface area contributed by atoms with E-state index >= 15 is 0 Å². The summed E-state index contributed by atoms with van der Waals surface area (Å²) < 4.78 is 7.28. The molecule has 0 atom stereocenters. The lowest BCUT2D eigenvalue weighted by atomic mass is 9.94. The number of fused-ring (bicyclic) bond motifs is 3. The van der Waals surface area contributed by atoms with Crippen molar-refractivity contribution in [2.75, 3.05) is 5.73 Å². The van der Waals surface area contributed by atoms with Gasteiger partial charge < -0.3 is 10.5 Å². The van der Waals surface area contributed by atoms with Crippen molar-refractivity contribution in [1.29, 1.82) is 0 Å². The van der Waals surface area contributed by atoms with Crippen molar-refractivity contribution in [2.45, 2.75) is 39.0 Å². The van der Waals surface area contributed by atoms with Gasteiger partial charge in [-0.2, -0.15) is 4.98 Å². The molecule has 1 aliphatic rings. The van der Waals surface area contributed by atoms with Crippen LogP contribution < -0.4 is 11.4 Å². The number of nitrogens with zero attached hydrogens (tertiary/aromatic N) is 2. The summed E-state index contributed by atoms with van der Waals surface area (Å²) in [5, 5.41) is 1.31. The first kappa shape index (κ1) is 18.2. The number of ether oxygens (including phenoxy) is 1. The number of anilines is 1. The molecule has 3 aromatic rings. The van der Waals surface area contributed by atoms with E-state index < -0.39 is 5.69 Å². The van der Waals surface area contributed by atoms with Crippen LogP contribution in [0.25, 0.3) is 10.2 Å². The molecule has 1 aromatic carbocycles.